The lowest BCUT2D eigenvalue weighted by Gasteiger charge is -2.29. The maximum absolute atomic E-state index is 12.7. The maximum atomic E-state index is 12.7. The van der Waals surface area contributed by atoms with Crippen molar-refractivity contribution in [1.82, 2.24) is 20.4 Å². The fourth-order valence-electron chi connectivity index (χ4n) is 3.45. The van der Waals surface area contributed by atoms with Gasteiger partial charge in [-0.3, -0.25) is 9.79 Å². The molecule has 1 saturated carbocycles. The molecule has 0 atom stereocenters. The number of likely N-dealkylation sites (N-methyl/N-ethyl adjacent to an activating group) is 1. The monoisotopic (exact) mass is 497 g/mol. The van der Waals surface area contributed by atoms with Gasteiger partial charge in [-0.15, -0.1) is 24.0 Å². The van der Waals surface area contributed by atoms with Crippen molar-refractivity contribution < 1.29 is 9.53 Å². The van der Waals surface area contributed by atoms with E-state index in [1.165, 1.54) is 0 Å². The summed E-state index contributed by atoms with van der Waals surface area (Å²) in [6.45, 7) is 7.01. The Kier molecular flexibility index (Phi) is 14.1. The number of carbonyl (C=O) groups excluding carboxylic acids is 1. The molecule has 0 aliphatic heterocycles. The van der Waals surface area contributed by atoms with Crippen molar-refractivity contribution in [1.29, 1.82) is 0 Å². The molecule has 160 valence electrons. The first-order chi connectivity index (χ1) is 12.4. The Bertz CT molecular complexity index is 440. The van der Waals surface area contributed by atoms with Gasteiger partial charge in [-0.2, -0.15) is 0 Å². The van der Waals surface area contributed by atoms with Crippen molar-refractivity contribution >= 4 is 35.8 Å². The van der Waals surface area contributed by atoms with Crippen LogP contribution in [0.3, 0.4) is 0 Å². The van der Waals surface area contributed by atoms with Gasteiger partial charge in [0.1, 0.15) is 0 Å². The van der Waals surface area contributed by atoms with Gasteiger partial charge in [-0.25, -0.2) is 0 Å². The molecular weight excluding hydrogens is 457 g/mol. The molecule has 2 N–H and O–H groups in total. The summed E-state index contributed by atoms with van der Waals surface area (Å²) in [5, 5.41) is 6.69. The van der Waals surface area contributed by atoms with Crippen molar-refractivity contribution in [2.75, 3.05) is 67.6 Å². The third-order valence-corrected chi connectivity index (χ3v) is 4.99. The molecule has 8 heteroatoms. The predicted molar refractivity (Wildman–Crippen MR) is 123 cm³/mol. The molecule has 7 nitrogen and oxygen atoms in total. The van der Waals surface area contributed by atoms with Gasteiger partial charge in [0.25, 0.3) is 0 Å². The molecule has 0 heterocycles. The van der Waals surface area contributed by atoms with Crippen LogP contribution in [0.2, 0.25) is 0 Å². The van der Waals surface area contributed by atoms with Gasteiger partial charge in [0.05, 0.1) is 18.6 Å². The van der Waals surface area contributed by atoms with Gasteiger partial charge >= 0.3 is 0 Å². The zero-order chi connectivity index (χ0) is 19.4. The lowest BCUT2D eigenvalue weighted by molar-refractivity contribution is -0.138. The third kappa shape index (κ3) is 9.43. The van der Waals surface area contributed by atoms with Gasteiger partial charge < -0.3 is 25.2 Å². The van der Waals surface area contributed by atoms with Gasteiger partial charge in [0.2, 0.25) is 5.91 Å². The number of ether oxygens (including phenoxy) is 1. The van der Waals surface area contributed by atoms with E-state index in [9.17, 15) is 4.79 Å². The lowest BCUT2D eigenvalue weighted by atomic mass is 9.85. The number of aliphatic imine (C=N–C) groups is 1. The van der Waals surface area contributed by atoms with Crippen LogP contribution < -0.4 is 10.6 Å². The summed E-state index contributed by atoms with van der Waals surface area (Å²) in [7, 11) is 7.52. The number of amides is 1. The average Bonchev–Trinajstić information content (AvgIpc) is 3.10. The first kappa shape index (κ1) is 26.4. The highest BCUT2D eigenvalue weighted by Gasteiger charge is 2.41. The van der Waals surface area contributed by atoms with Crippen LogP contribution in [0, 0.1) is 5.41 Å². The number of rotatable bonds is 11. The Balaban J connectivity index is 0.00000676. The minimum absolute atomic E-state index is 0. The Labute approximate surface area is 182 Å². The van der Waals surface area contributed by atoms with E-state index >= 15 is 0 Å². The molecule has 1 aliphatic rings. The molecule has 0 aromatic carbocycles. The van der Waals surface area contributed by atoms with Crippen LogP contribution in [0.4, 0.5) is 0 Å². The Morgan fingerprint density at radius 3 is 2.37 bits per heavy atom. The van der Waals surface area contributed by atoms with Gasteiger partial charge in [0.15, 0.2) is 5.96 Å². The molecule has 1 rings (SSSR count). The second-order valence-corrected chi connectivity index (χ2v) is 7.46. The third-order valence-electron chi connectivity index (χ3n) is 4.99. The van der Waals surface area contributed by atoms with E-state index in [1.54, 1.807) is 12.0 Å². The number of halogens is 1. The highest BCUT2D eigenvalue weighted by molar-refractivity contribution is 14.0. The molecule has 27 heavy (non-hydrogen) atoms. The molecule has 1 amide bonds. The second kappa shape index (κ2) is 14.4. The number of hydrogen-bond acceptors (Lipinski definition) is 4. The Hall–Kier alpha value is -0.610. The quantitative estimate of drug-likeness (QED) is 0.197. The number of methoxy groups -OCH3 is 1. The van der Waals surface area contributed by atoms with Crippen LogP contribution in [-0.4, -0.2) is 89.3 Å². The zero-order valence-corrected chi connectivity index (χ0v) is 20.2. The van der Waals surface area contributed by atoms with Crippen molar-refractivity contribution in [2.24, 2.45) is 10.4 Å². The van der Waals surface area contributed by atoms with Crippen molar-refractivity contribution in [3.63, 3.8) is 0 Å². The SMILES string of the molecule is CCNC(=NCC1(C(=O)N(C)C)CCCC1)NCCCN(C)CCOC.I. The summed E-state index contributed by atoms with van der Waals surface area (Å²) in [4.78, 5) is 21.4. The molecule has 0 radical (unpaired) electrons. The first-order valence-corrected chi connectivity index (χ1v) is 9.86. The number of guanidine groups is 1. The van der Waals surface area contributed by atoms with Crippen LogP contribution in [0.1, 0.15) is 39.0 Å². The van der Waals surface area contributed by atoms with E-state index < -0.39 is 0 Å². The maximum Gasteiger partial charge on any atom is 0.230 e. The number of nitrogens with zero attached hydrogens (tertiary/aromatic N) is 3. The summed E-state index contributed by atoms with van der Waals surface area (Å²) in [5.74, 6) is 1.03. The van der Waals surface area contributed by atoms with Crippen molar-refractivity contribution in [3.8, 4) is 0 Å². The largest absolute Gasteiger partial charge is 0.383 e. The van der Waals surface area contributed by atoms with Crippen LogP contribution in [0.25, 0.3) is 0 Å². The van der Waals surface area contributed by atoms with Gasteiger partial charge in [-0.05, 0) is 39.8 Å². The van der Waals surface area contributed by atoms with Gasteiger partial charge in [-0.1, -0.05) is 12.8 Å². The Morgan fingerprint density at radius 1 is 1.15 bits per heavy atom. The van der Waals surface area contributed by atoms with E-state index in [-0.39, 0.29) is 35.3 Å². The number of carbonyl (C=O) groups is 1. The fourth-order valence-corrected chi connectivity index (χ4v) is 3.45. The molecule has 0 unspecified atom stereocenters. The number of nitrogens with one attached hydrogen (secondary N) is 2. The summed E-state index contributed by atoms with van der Waals surface area (Å²) in [5.41, 5.74) is -0.313. The lowest BCUT2D eigenvalue weighted by Crippen LogP contribution is -2.43. The molecule has 0 aromatic heterocycles. The van der Waals surface area contributed by atoms with E-state index in [0.717, 1.165) is 70.8 Å². The Morgan fingerprint density at radius 2 is 1.81 bits per heavy atom. The number of hydrogen-bond donors (Lipinski definition) is 2. The minimum atomic E-state index is -0.313. The normalized spacial score (nSPS) is 16.1. The molecular formula is C19H40IN5O2. The minimum Gasteiger partial charge on any atom is -0.383 e. The highest BCUT2D eigenvalue weighted by atomic mass is 127. The molecule has 0 saturated heterocycles. The molecule has 0 bridgehead atoms. The van der Waals surface area contributed by atoms with Crippen LogP contribution in [0.5, 0.6) is 0 Å². The molecule has 0 aromatic rings. The van der Waals surface area contributed by atoms with Crippen LogP contribution in [0.15, 0.2) is 4.99 Å². The van der Waals surface area contributed by atoms with E-state index in [2.05, 4.69) is 29.5 Å². The van der Waals surface area contributed by atoms with Crippen LogP contribution >= 0.6 is 24.0 Å². The molecule has 1 fully saturated rings. The zero-order valence-electron chi connectivity index (χ0n) is 17.8. The smallest absolute Gasteiger partial charge is 0.230 e. The fraction of sp³-hybridized carbons (Fsp3) is 0.895. The van der Waals surface area contributed by atoms with Gasteiger partial charge in [0, 0.05) is 40.8 Å². The highest BCUT2D eigenvalue weighted by Crippen LogP contribution is 2.39. The second-order valence-electron chi connectivity index (χ2n) is 7.46. The first-order valence-electron chi connectivity index (χ1n) is 9.86. The summed E-state index contributed by atoms with van der Waals surface area (Å²) < 4.78 is 5.10. The van der Waals surface area contributed by atoms with E-state index in [0.29, 0.717) is 6.54 Å². The van der Waals surface area contributed by atoms with E-state index in [4.69, 9.17) is 9.73 Å². The molecule has 0 spiro atoms. The standard InChI is InChI=1S/C19H39N5O2.HI/c1-6-20-18(21-12-9-13-24(4)14-15-26-5)22-16-19(10-7-8-11-19)17(25)23(2)3;/h6-16H2,1-5H3,(H2,20,21,22);1H. The average molecular weight is 497 g/mol. The van der Waals surface area contributed by atoms with Crippen molar-refractivity contribution in [3.05, 3.63) is 0 Å². The van der Waals surface area contributed by atoms with Crippen LogP contribution in [-0.2, 0) is 9.53 Å². The summed E-state index contributed by atoms with van der Waals surface area (Å²) >= 11 is 0. The van der Waals surface area contributed by atoms with Crippen molar-refractivity contribution in [2.45, 2.75) is 39.0 Å². The topological polar surface area (TPSA) is 69.2 Å². The predicted octanol–water partition coefficient (Wildman–Crippen LogP) is 1.78. The summed E-state index contributed by atoms with van der Waals surface area (Å²) in [6.07, 6.45) is 5.15. The van der Waals surface area contributed by atoms with E-state index in [1.807, 2.05) is 14.1 Å². The molecule has 1 aliphatic carbocycles. The summed E-state index contributed by atoms with van der Waals surface area (Å²) in [6, 6.07) is 0.